The smallest absolute Gasteiger partial charge is 0.159 e. The van der Waals surface area contributed by atoms with Crippen molar-refractivity contribution in [3.05, 3.63) is 212 Å². The Morgan fingerprint density at radius 2 is 0.847 bits per heavy atom. The molecule has 2 heterocycles. The highest BCUT2D eigenvalue weighted by Gasteiger charge is 2.26. The second kappa shape index (κ2) is 13.4. The summed E-state index contributed by atoms with van der Waals surface area (Å²) in [5.41, 5.74) is 12.9. The lowest BCUT2D eigenvalue weighted by atomic mass is 9.98. The third-order valence-electron chi connectivity index (χ3n) is 11.8. The van der Waals surface area contributed by atoms with Gasteiger partial charge in [-0.05, 0) is 86.4 Å². The van der Waals surface area contributed by atoms with Crippen molar-refractivity contribution in [2.75, 3.05) is 4.90 Å². The normalized spacial score (nSPS) is 11.7. The van der Waals surface area contributed by atoms with Gasteiger partial charge in [-0.25, -0.2) is 0 Å². The highest BCUT2D eigenvalue weighted by molar-refractivity contribution is 6.19. The maximum atomic E-state index is 7.17. The molecule has 0 fully saturated rings. The Labute approximate surface area is 340 Å². The first-order chi connectivity index (χ1) is 29.2. The zero-order valence-corrected chi connectivity index (χ0v) is 32.0. The topological polar surface area (TPSA) is 29.5 Å². The van der Waals surface area contributed by atoms with Crippen molar-refractivity contribution < 1.29 is 8.83 Å². The molecule has 0 N–H and O–H groups in total. The summed E-state index contributed by atoms with van der Waals surface area (Å²) in [5.74, 6) is 0. The minimum atomic E-state index is 0.806. The Kier molecular flexibility index (Phi) is 7.54. The van der Waals surface area contributed by atoms with E-state index in [0.717, 1.165) is 99.5 Å². The van der Waals surface area contributed by atoms with Crippen LogP contribution in [0.2, 0.25) is 0 Å². The zero-order valence-electron chi connectivity index (χ0n) is 32.0. The number of rotatable bonds is 6. The first-order valence-electron chi connectivity index (χ1n) is 20.1. The van der Waals surface area contributed by atoms with Crippen LogP contribution >= 0.6 is 0 Å². The van der Waals surface area contributed by atoms with Gasteiger partial charge >= 0.3 is 0 Å². The van der Waals surface area contributed by atoms with Gasteiger partial charge in [-0.2, -0.15) is 0 Å². The van der Waals surface area contributed by atoms with E-state index < -0.39 is 0 Å². The van der Waals surface area contributed by atoms with Crippen molar-refractivity contribution in [2.24, 2.45) is 0 Å². The van der Waals surface area contributed by atoms with Crippen molar-refractivity contribution in [3.63, 3.8) is 0 Å². The van der Waals surface area contributed by atoms with Gasteiger partial charge in [0.15, 0.2) is 11.2 Å². The summed E-state index contributed by atoms with van der Waals surface area (Å²) in [6.07, 6.45) is 0. The summed E-state index contributed by atoms with van der Waals surface area (Å²) < 4.78 is 14.2. The van der Waals surface area contributed by atoms with Crippen LogP contribution in [0.3, 0.4) is 0 Å². The summed E-state index contributed by atoms with van der Waals surface area (Å²) in [4.78, 5) is 2.33. The van der Waals surface area contributed by atoms with Gasteiger partial charge in [0, 0.05) is 38.2 Å². The van der Waals surface area contributed by atoms with Crippen molar-refractivity contribution in [3.8, 4) is 33.4 Å². The molecule has 2 aromatic heterocycles. The number of fused-ring (bicyclic) bond motifs is 9. The Morgan fingerprint density at radius 3 is 1.66 bits per heavy atom. The van der Waals surface area contributed by atoms with Gasteiger partial charge in [-0.3, -0.25) is 0 Å². The fraction of sp³-hybridized carbons (Fsp3) is 0. The van der Waals surface area contributed by atoms with Crippen molar-refractivity contribution in [1.82, 2.24) is 0 Å². The lowest BCUT2D eigenvalue weighted by Crippen LogP contribution is -2.11. The fourth-order valence-corrected chi connectivity index (χ4v) is 8.96. The van der Waals surface area contributed by atoms with Crippen LogP contribution < -0.4 is 4.90 Å². The molecule has 0 aliphatic carbocycles. The summed E-state index contributed by atoms with van der Waals surface area (Å²) in [6.45, 7) is 0. The molecule has 0 spiro atoms. The number of nitrogens with zero attached hydrogens (tertiary/aromatic N) is 1. The molecule has 0 saturated carbocycles. The number of para-hydroxylation sites is 2. The SMILES string of the molecule is c1ccc(-c2cc(N(c3ccc(-c4ccc5ccccc5c4)cc3)c3cccc4c3oc3c5ccccc5ccc43)c3oc4c(-c5ccccc5)cccc4c3c2)cc1. The molecule has 10 aromatic carbocycles. The predicted octanol–water partition coefficient (Wildman–Crippen LogP) is 16.3. The number of hydrogen-bond acceptors (Lipinski definition) is 3. The molecule has 0 aliphatic heterocycles. The highest BCUT2D eigenvalue weighted by atomic mass is 16.3. The standard InChI is InChI=1S/C56H35NO2/c1-3-13-36(14-4-1)43-34-50-48-22-11-21-46(39-16-5-2-6-17-39)53(48)59-56(50)52(35-43)57(44-30-27-38(28-31-44)42-26-25-37-15-7-8-19-41(37)33-42)51-24-12-23-47-49-32-29-40-18-9-10-20-45(40)54(49)58-55(47)51/h1-35H. The van der Waals surface area contributed by atoms with E-state index in [1.807, 2.05) is 0 Å². The van der Waals surface area contributed by atoms with Crippen LogP contribution in [0.15, 0.2) is 221 Å². The molecule has 3 nitrogen and oxygen atoms in total. The van der Waals surface area contributed by atoms with Crippen molar-refractivity contribution in [2.45, 2.75) is 0 Å². The quantitative estimate of drug-likeness (QED) is 0.169. The Morgan fingerprint density at radius 1 is 0.271 bits per heavy atom. The zero-order chi connectivity index (χ0) is 38.9. The minimum absolute atomic E-state index is 0.806. The molecule has 3 heteroatoms. The molecule has 0 aliphatic rings. The molecule has 0 radical (unpaired) electrons. The molecule has 0 unspecified atom stereocenters. The molecule has 0 bridgehead atoms. The van der Waals surface area contributed by atoms with E-state index in [-0.39, 0.29) is 0 Å². The molecule has 12 rings (SSSR count). The van der Waals surface area contributed by atoms with Crippen LogP contribution in [-0.4, -0.2) is 0 Å². The van der Waals surface area contributed by atoms with Crippen molar-refractivity contribution in [1.29, 1.82) is 0 Å². The third kappa shape index (κ3) is 5.44. The molecule has 276 valence electrons. The van der Waals surface area contributed by atoms with Crippen LogP contribution in [0.5, 0.6) is 0 Å². The van der Waals surface area contributed by atoms with Gasteiger partial charge < -0.3 is 13.7 Å². The van der Waals surface area contributed by atoms with Crippen LogP contribution in [0, 0.1) is 0 Å². The largest absolute Gasteiger partial charge is 0.453 e. The van der Waals surface area contributed by atoms with Gasteiger partial charge in [0.05, 0.1) is 11.4 Å². The summed E-state index contributed by atoms with van der Waals surface area (Å²) in [5, 5.41) is 8.97. The first-order valence-corrected chi connectivity index (χ1v) is 20.1. The maximum absolute atomic E-state index is 7.17. The average Bonchev–Trinajstić information content (AvgIpc) is 3.89. The molecule has 12 aromatic rings. The number of anilines is 3. The molecular weight excluding hydrogens is 719 g/mol. The second-order valence-corrected chi connectivity index (χ2v) is 15.3. The van der Waals surface area contributed by atoms with E-state index in [1.54, 1.807) is 0 Å². The lowest BCUT2D eigenvalue weighted by Gasteiger charge is -2.26. The van der Waals surface area contributed by atoms with Crippen molar-refractivity contribution >= 4 is 82.5 Å². The van der Waals surface area contributed by atoms with E-state index in [9.17, 15) is 0 Å². The van der Waals surface area contributed by atoms with Gasteiger partial charge in [0.25, 0.3) is 0 Å². The Bertz CT molecular complexity index is 3540. The lowest BCUT2D eigenvalue weighted by molar-refractivity contribution is 0.668. The number of furan rings is 2. The predicted molar refractivity (Wildman–Crippen MR) is 247 cm³/mol. The van der Waals surface area contributed by atoms with Gasteiger partial charge in [0.1, 0.15) is 11.2 Å². The van der Waals surface area contributed by atoms with Gasteiger partial charge in [-0.15, -0.1) is 0 Å². The minimum Gasteiger partial charge on any atom is -0.453 e. The van der Waals surface area contributed by atoms with E-state index >= 15 is 0 Å². The molecule has 59 heavy (non-hydrogen) atoms. The van der Waals surface area contributed by atoms with Gasteiger partial charge in [-0.1, -0.05) is 170 Å². The average molecular weight is 754 g/mol. The highest BCUT2D eigenvalue weighted by Crippen LogP contribution is 2.49. The van der Waals surface area contributed by atoms with E-state index in [0.29, 0.717) is 0 Å². The first kappa shape index (κ1) is 33.3. The van der Waals surface area contributed by atoms with Crippen LogP contribution in [0.4, 0.5) is 17.1 Å². The van der Waals surface area contributed by atoms with Crippen LogP contribution in [0.1, 0.15) is 0 Å². The van der Waals surface area contributed by atoms with Gasteiger partial charge in [0.2, 0.25) is 0 Å². The molecular formula is C56H35NO2. The summed E-state index contributed by atoms with van der Waals surface area (Å²) >= 11 is 0. The van der Waals surface area contributed by atoms with E-state index in [2.05, 4.69) is 217 Å². The van der Waals surface area contributed by atoms with Crippen LogP contribution in [0.25, 0.3) is 98.8 Å². The Balaban J connectivity index is 1.15. The maximum Gasteiger partial charge on any atom is 0.159 e. The fourth-order valence-electron chi connectivity index (χ4n) is 8.96. The number of hydrogen-bond donors (Lipinski definition) is 0. The third-order valence-corrected chi connectivity index (χ3v) is 11.8. The number of benzene rings is 10. The molecule has 0 saturated heterocycles. The summed E-state index contributed by atoms with van der Waals surface area (Å²) in [6, 6.07) is 75.6. The Hall–Kier alpha value is -7.88. The summed E-state index contributed by atoms with van der Waals surface area (Å²) in [7, 11) is 0. The molecule has 0 amide bonds. The van der Waals surface area contributed by atoms with E-state index in [1.165, 1.54) is 16.3 Å². The van der Waals surface area contributed by atoms with Crippen LogP contribution in [-0.2, 0) is 0 Å². The monoisotopic (exact) mass is 753 g/mol. The molecule has 0 atom stereocenters. The van der Waals surface area contributed by atoms with E-state index in [4.69, 9.17) is 8.83 Å². The second-order valence-electron chi connectivity index (χ2n) is 15.3.